The maximum atomic E-state index is 12.2. The van der Waals surface area contributed by atoms with Crippen molar-refractivity contribution in [1.82, 2.24) is 10.3 Å². The Bertz CT molecular complexity index is 656. The third-order valence-electron chi connectivity index (χ3n) is 3.01. The Morgan fingerprint density at radius 1 is 1.24 bits per heavy atom. The van der Waals surface area contributed by atoms with E-state index in [1.54, 1.807) is 18.2 Å². The zero-order chi connectivity index (χ0) is 15.4. The number of nitrogens with zero attached hydrogens (tertiary/aromatic N) is 1. The lowest BCUT2D eigenvalue weighted by Crippen LogP contribution is -2.23. The second-order valence-electron chi connectivity index (χ2n) is 5.07. The van der Waals surface area contributed by atoms with Crippen LogP contribution in [0.3, 0.4) is 0 Å². The molecular formula is C16H16Cl2N2O. The molecule has 0 aliphatic carbocycles. The molecule has 0 aliphatic heterocycles. The summed E-state index contributed by atoms with van der Waals surface area (Å²) in [5.41, 5.74) is 2.26. The monoisotopic (exact) mass is 322 g/mol. The van der Waals surface area contributed by atoms with Crippen LogP contribution in [-0.2, 0) is 6.54 Å². The highest BCUT2D eigenvalue weighted by molar-refractivity contribution is 6.30. The van der Waals surface area contributed by atoms with Crippen LogP contribution < -0.4 is 5.32 Å². The predicted octanol–water partition coefficient (Wildman–Crippen LogP) is 4.44. The molecule has 0 aliphatic rings. The largest absolute Gasteiger partial charge is 0.348 e. The van der Waals surface area contributed by atoms with E-state index in [-0.39, 0.29) is 11.8 Å². The molecule has 0 fully saturated rings. The molecule has 110 valence electrons. The number of amides is 1. The van der Waals surface area contributed by atoms with Gasteiger partial charge in [0.05, 0.1) is 0 Å². The minimum atomic E-state index is -0.179. The highest BCUT2D eigenvalue weighted by Crippen LogP contribution is 2.18. The quantitative estimate of drug-likeness (QED) is 0.845. The van der Waals surface area contributed by atoms with Crippen LogP contribution >= 0.6 is 23.2 Å². The first kappa shape index (κ1) is 15.8. The lowest BCUT2D eigenvalue weighted by Gasteiger charge is -2.09. The van der Waals surface area contributed by atoms with Crippen LogP contribution in [0, 0.1) is 0 Å². The number of carbonyl (C=O) groups excluding carboxylic acids is 1. The van der Waals surface area contributed by atoms with Crippen molar-refractivity contribution in [3.05, 3.63) is 63.4 Å². The number of carbonyl (C=O) groups is 1. The molecule has 0 radical (unpaired) electrons. The van der Waals surface area contributed by atoms with Crippen LogP contribution in [0.4, 0.5) is 0 Å². The van der Waals surface area contributed by atoms with Gasteiger partial charge in [0.15, 0.2) is 0 Å². The van der Waals surface area contributed by atoms with E-state index in [0.717, 1.165) is 11.3 Å². The molecule has 0 bridgehead atoms. The average Bonchev–Trinajstić information content (AvgIpc) is 2.44. The number of rotatable bonds is 4. The van der Waals surface area contributed by atoms with Crippen molar-refractivity contribution < 1.29 is 4.79 Å². The summed E-state index contributed by atoms with van der Waals surface area (Å²) >= 11 is 11.9. The molecule has 5 heteroatoms. The summed E-state index contributed by atoms with van der Waals surface area (Å²) in [6, 6.07) is 10.7. The average molecular weight is 323 g/mol. The highest BCUT2D eigenvalue weighted by Gasteiger charge is 2.11. The number of pyridine rings is 1. The number of hydrogen-bond acceptors (Lipinski definition) is 2. The minimum Gasteiger partial charge on any atom is -0.348 e. The fourth-order valence-electron chi connectivity index (χ4n) is 1.88. The summed E-state index contributed by atoms with van der Waals surface area (Å²) in [7, 11) is 0. The van der Waals surface area contributed by atoms with Crippen LogP contribution in [0.15, 0.2) is 36.4 Å². The van der Waals surface area contributed by atoms with Gasteiger partial charge in [-0.05, 0) is 35.7 Å². The zero-order valence-corrected chi connectivity index (χ0v) is 13.4. The molecule has 2 aromatic rings. The molecular weight excluding hydrogens is 307 g/mol. The van der Waals surface area contributed by atoms with Crippen LogP contribution in [0.25, 0.3) is 0 Å². The van der Waals surface area contributed by atoms with Gasteiger partial charge in [0.25, 0.3) is 5.91 Å². The topological polar surface area (TPSA) is 42.0 Å². The standard InChI is InChI=1S/C16H16Cl2N2O/c1-10(2)14-7-12(8-15(18)20-14)16(21)19-9-11-4-3-5-13(17)6-11/h3-8,10H,9H2,1-2H3,(H,19,21). The fourth-order valence-corrected chi connectivity index (χ4v) is 2.30. The molecule has 1 heterocycles. The van der Waals surface area contributed by atoms with E-state index in [2.05, 4.69) is 10.3 Å². The van der Waals surface area contributed by atoms with Crippen LogP contribution in [0.2, 0.25) is 10.2 Å². The summed E-state index contributed by atoms with van der Waals surface area (Å²) in [6.07, 6.45) is 0. The van der Waals surface area contributed by atoms with Crippen molar-refractivity contribution in [3.63, 3.8) is 0 Å². The lowest BCUT2D eigenvalue weighted by atomic mass is 10.1. The van der Waals surface area contributed by atoms with Crippen molar-refractivity contribution in [1.29, 1.82) is 0 Å². The maximum absolute atomic E-state index is 12.2. The Morgan fingerprint density at radius 3 is 2.67 bits per heavy atom. The summed E-state index contributed by atoms with van der Waals surface area (Å²) in [5.74, 6) is 0.0318. The second kappa shape index (κ2) is 6.92. The molecule has 0 spiro atoms. The first-order chi connectivity index (χ1) is 9.95. The van der Waals surface area contributed by atoms with Gasteiger partial charge < -0.3 is 5.32 Å². The lowest BCUT2D eigenvalue weighted by molar-refractivity contribution is 0.0950. The number of benzene rings is 1. The van der Waals surface area contributed by atoms with E-state index in [1.807, 2.05) is 32.0 Å². The van der Waals surface area contributed by atoms with E-state index in [1.165, 1.54) is 0 Å². The zero-order valence-electron chi connectivity index (χ0n) is 11.9. The van der Waals surface area contributed by atoms with Gasteiger partial charge in [0, 0.05) is 22.8 Å². The Labute approximate surface area is 134 Å². The highest BCUT2D eigenvalue weighted by atomic mass is 35.5. The molecule has 21 heavy (non-hydrogen) atoms. The summed E-state index contributed by atoms with van der Waals surface area (Å²) < 4.78 is 0. The van der Waals surface area contributed by atoms with Crippen molar-refractivity contribution in [2.45, 2.75) is 26.3 Å². The molecule has 2 rings (SSSR count). The predicted molar refractivity (Wildman–Crippen MR) is 86.0 cm³/mol. The fraction of sp³-hybridized carbons (Fsp3) is 0.250. The summed E-state index contributed by atoms with van der Waals surface area (Å²) in [4.78, 5) is 16.4. The molecule has 1 N–H and O–H groups in total. The van der Waals surface area contributed by atoms with E-state index in [9.17, 15) is 4.79 Å². The van der Waals surface area contributed by atoms with Gasteiger partial charge in [-0.25, -0.2) is 4.98 Å². The number of aromatic nitrogens is 1. The van der Waals surface area contributed by atoms with Crippen LogP contribution in [0.5, 0.6) is 0 Å². The van der Waals surface area contributed by atoms with Gasteiger partial charge in [-0.1, -0.05) is 49.2 Å². The van der Waals surface area contributed by atoms with Crippen molar-refractivity contribution in [2.75, 3.05) is 0 Å². The Morgan fingerprint density at radius 2 is 2.00 bits per heavy atom. The molecule has 0 saturated heterocycles. The molecule has 1 amide bonds. The van der Waals surface area contributed by atoms with E-state index < -0.39 is 0 Å². The number of nitrogens with one attached hydrogen (secondary N) is 1. The molecule has 1 aromatic carbocycles. The Balaban J connectivity index is 2.10. The molecule has 0 saturated carbocycles. The van der Waals surface area contributed by atoms with Gasteiger partial charge in [-0.15, -0.1) is 0 Å². The van der Waals surface area contributed by atoms with Gasteiger partial charge in [0.2, 0.25) is 0 Å². The first-order valence-corrected chi connectivity index (χ1v) is 7.41. The van der Waals surface area contributed by atoms with Crippen molar-refractivity contribution >= 4 is 29.1 Å². The van der Waals surface area contributed by atoms with E-state index in [0.29, 0.717) is 22.3 Å². The third-order valence-corrected chi connectivity index (χ3v) is 3.44. The van der Waals surface area contributed by atoms with E-state index >= 15 is 0 Å². The smallest absolute Gasteiger partial charge is 0.251 e. The van der Waals surface area contributed by atoms with E-state index in [4.69, 9.17) is 23.2 Å². The first-order valence-electron chi connectivity index (χ1n) is 6.66. The van der Waals surface area contributed by atoms with Gasteiger partial charge >= 0.3 is 0 Å². The Hall–Kier alpha value is -1.58. The molecule has 0 atom stereocenters. The SMILES string of the molecule is CC(C)c1cc(C(=O)NCc2cccc(Cl)c2)cc(Cl)n1. The van der Waals surface area contributed by atoms with Crippen molar-refractivity contribution in [3.8, 4) is 0 Å². The van der Waals surface area contributed by atoms with Crippen LogP contribution in [0.1, 0.15) is 41.4 Å². The summed E-state index contributed by atoms with van der Waals surface area (Å²) in [6.45, 7) is 4.43. The maximum Gasteiger partial charge on any atom is 0.251 e. The molecule has 1 aromatic heterocycles. The van der Waals surface area contributed by atoms with Crippen LogP contribution in [-0.4, -0.2) is 10.9 Å². The summed E-state index contributed by atoms with van der Waals surface area (Å²) in [5, 5.41) is 3.83. The normalized spacial score (nSPS) is 10.7. The minimum absolute atomic E-state index is 0.179. The van der Waals surface area contributed by atoms with Gasteiger partial charge in [0.1, 0.15) is 5.15 Å². The van der Waals surface area contributed by atoms with Gasteiger partial charge in [-0.2, -0.15) is 0 Å². The third kappa shape index (κ3) is 4.45. The van der Waals surface area contributed by atoms with Crippen molar-refractivity contribution in [2.24, 2.45) is 0 Å². The molecule has 3 nitrogen and oxygen atoms in total. The number of halogens is 2. The second-order valence-corrected chi connectivity index (χ2v) is 5.89. The Kier molecular flexibility index (Phi) is 5.21. The number of hydrogen-bond donors (Lipinski definition) is 1. The van der Waals surface area contributed by atoms with Gasteiger partial charge in [-0.3, -0.25) is 4.79 Å². The molecule has 0 unspecified atom stereocenters.